The number of rotatable bonds is 9. The number of para-hydroxylation sites is 1. The van der Waals surface area contributed by atoms with Gasteiger partial charge in [0.1, 0.15) is 5.75 Å². The van der Waals surface area contributed by atoms with Crippen LogP contribution in [0.3, 0.4) is 0 Å². The number of likely N-dealkylation sites (N-methyl/N-ethyl adjacent to an activating group) is 1. The van der Waals surface area contributed by atoms with E-state index < -0.39 is 0 Å². The third-order valence-electron chi connectivity index (χ3n) is 4.98. The zero-order chi connectivity index (χ0) is 19.8. The summed E-state index contributed by atoms with van der Waals surface area (Å²) in [6, 6.07) is 8.02. The van der Waals surface area contributed by atoms with Gasteiger partial charge in [-0.2, -0.15) is 0 Å². The summed E-state index contributed by atoms with van der Waals surface area (Å²) in [5.41, 5.74) is 1.04. The Labute approximate surface area is 190 Å². The maximum Gasteiger partial charge on any atom is 0.241 e. The van der Waals surface area contributed by atoms with Gasteiger partial charge in [-0.25, -0.2) is 4.99 Å². The van der Waals surface area contributed by atoms with Gasteiger partial charge >= 0.3 is 0 Å². The van der Waals surface area contributed by atoms with Crippen LogP contribution in [0.15, 0.2) is 29.3 Å². The van der Waals surface area contributed by atoms with Crippen LogP contribution >= 0.6 is 24.0 Å². The Bertz CT molecular complexity index is 674. The Balaban J connectivity index is 0.00000300. The quantitative estimate of drug-likeness (QED) is 0.300. The molecule has 29 heavy (non-hydrogen) atoms. The van der Waals surface area contributed by atoms with Crippen molar-refractivity contribution in [3.05, 3.63) is 29.8 Å². The fourth-order valence-electron chi connectivity index (χ4n) is 2.94. The number of aliphatic imine (C=N–C) groups is 1. The average molecular weight is 516 g/mol. The normalized spacial score (nSPS) is 18.7. The molecule has 0 bridgehead atoms. The SMILES string of the molecule is CN(C)C(=O)CNC(=NCc1ccccc1OCC1CC1)NCC1CCCO1.I. The molecule has 1 saturated carbocycles. The molecule has 0 radical (unpaired) electrons. The lowest BCUT2D eigenvalue weighted by Gasteiger charge is -2.17. The molecule has 0 aromatic heterocycles. The lowest BCUT2D eigenvalue weighted by atomic mass is 10.2. The monoisotopic (exact) mass is 516 g/mol. The van der Waals surface area contributed by atoms with E-state index in [2.05, 4.69) is 15.6 Å². The smallest absolute Gasteiger partial charge is 0.241 e. The third-order valence-corrected chi connectivity index (χ3v) is 4.98. The van der Waals surface area contributed by atoms with E-state index in [1.54, 1.807) is 19.0 Å². The highest BCUT2D eigenvalue weighted by atomic mass is 127. The zero-order valence-electron chi connectivity index (χ0n) is 17.4. The number of carbonyl (C=O) groups is 1. The molecule has 1 amide bonds. The van der Waals surface area contributed by atoms with Crippen LogP contribution in [0.5, 0.6) is 5.75 Å². The van der Waals surface area contributed by atoms with Gasteiger partial charge in [-0.05, 0) is 37.7 Å². The van der Waals surface area contributed by atoms with E-state index in [9.17, 15) is 4.79 Å². The summed E-state index contributed by atoms with van der Waals surface area (Å²) in [6.45, 7) is 2.96. The third kappa shape index (κ3) is 8.38. The first-order valence-corrected chi connectivity index (χ1v) is 10.2. The second-order valence-corrected chi connectivity index (χ2v) is 7.68. The van der Waals surface area contributed by atoms with Crippen LogP contribution < -0.4 is 15.4 Å². The number of halogens is 1. The zero-order valence-corrected chi connectivity index (χ0v) is 19.7. The van der Waals surface area contributed by atoms with E-state index in [4.69, 9.17) is 9.47 Å². The molecule has 1 aliphatic heterocycles. The Kier molecular flexibility index (Phi) is 9.99. The standard InChI is InChI=1S/C21H32N4O3.HI/c1-25(2)20(26)14-24-21(23-13-18-7-5-11-27-18)22-12-17-6-3-4-8-19(17)28-15-16-9-10-16;/h3-4,6,8,16,18H,5,7,9-15H2,1-2H3,(H2,22,23,24);1H. The van der Waals surface area contributed by atoms with Crippen LogP contribution in [0, 0.1) is 5.92 Å². The van der Waals surface area contributed by atoms with Gasteiger partial charge in [0.2, 0.25) is 5.91 Å². The molecule has 1 aromatic carbocycles. The number of nitrogens with zero attached hydrogens (tertiary/aromatic N) is 2. The van der Waals surface area contributed by atoms with Crippen molar-refractivity contribution in [2.24, 2.45) is 10.9 Å². The van der Waals surface area contributed by atoms with E-state index in [1.165, 1.54) is 12.8 Å². The lowest BCUT2D eigenvalue weighted by Crippen LogP contribution is -2.45. The number of benzene rings is 1. The Morgan fingerprint density at radius 3 is 2.72 bits per heavy atom. The van der Waals surface area contributed by atoms with E-state index in [0.717, 1.165) is 37.4 Å². The molecule has 1 unspecified atom stereocenters. The summed E-state index contributed by atoms with van der Waals surface area (Å²) in [5, 5.41) is 6.43. The van der Waals surface area contributed by atoms with Crippen molar-refractivity contribution in [2.75, 3.05) is 40.4 Å². The van der Waals surface area contributed by atoms with E-state index >= 15 is 0 Å². The van der Waals surface area contributed by atoms with Crippen molar-refractivity contribution in [1.29, 1.82) is 0 Å². The van der Waals surface area contributed by atoms with E-state index in [0.29, 0.717) is 25.0 Å². The number of carbonyl (C=O) groups excluding carboxylic acids is 1. The fourth-order valence-corrected chi connectivity index (χ4v) is 2.94. The topological polar surface area (TPSA) is 75.2 Å². The highest BCUT2D eigenvalue weighted by Gasteiger charge is 2.22. The molecule has 8 heteroatoms. The van der Waals surface area contributed by atoms with Crippen molar-refractivity contribution in [1.82, 2.24) is 15.5 Å². The number of hydrogen-bond acceptors (Lipinski definition) is 4. The first kappa shape index (κ1) is 23.7. The number of hydrogen-bond donors (Lipinski definition) is 2. The average Bonchev–Trinajstić information content (AvgIpc) is 3.38. The van der Waals surface area contributed by atoms with Gasteiger partial charge in [0, 0.05) is 32.8 Å². The molecule has 1 saturated heterocycles. The van der Waals surface area contributed by atoms with Gasteiger partial charge in [-0.15, -0.1) is 24.0 Å². The summed E-state index contributed by atoms with van der Waals surface area (Å²) in [6.07, 6.45) is 4.88. The molecule has 2 aliphatic rings. The van der Waals surface area contributed by atoms with E-state index in [1.807, 2.05) is 24.3 Å². The predicted molar refractivity (Wildman–Crippen MR) is 125 cm³/mol. The Morgan fingerprint density at radius 1 is 1.24 bits per heavy atom. The second-order valence-electron chi connectivity index (χ2n) is 7.68. The summed E-state index contributed by atoms with van der Waals surface area (Å²) in [5.74, 6) is 2.21. The van der Waals surface area contributed by atoms with Gasteiger partial charge in [0.05, 0.1) is 25.8 Å². The summed E-state index contributed by atoms with van der Waals surface area (Å²) in [7, 11) is 3.49. The molecule has 2 N–H and O–H groups in total. The molecule has 1 aromatic rings. The molecule has 1 heterocycles. The molecular formula is C21H33IN4O3. The minimum atomic E-state index is -0.000201. The molecule has 1 aliphatic carbocycles. The molecular weight excluding hydrogens is 483 g/mol. The number of guanidine groups is 1. The molecule has 3 rings (SSSR count). The van der Waals surface area contributed by atoms with Crippen molar-refractivity contribution >= 4 is 35.8 Å². The van der Waals surface area contributed by atoms with Crippen LogP contribution in [0.25, 0.3) is 0 Å². The fraction of sp³-hybridized carbons (Fsp3) is 0.619. The van der Waals surface area contributed by atoms with Crippen LogP contribution in [0.1, 0.15) is 31.2 Å². The minimum absolute atomic E-state index is 0. The largest absolute Gasteiger partial charge is 0.493 e. The van der Waals surface area contributed by atoms with Gasteiger partial charge in [0.25, 0.3) is 0 Å². The molecule has 0 spiro atoms. The number of nitrogens with one attached hydrogen (secondary N) is 2. The highest BCUT2D eigenvalue weighted by Crippen LogP contribution is 2.30. The first-order chi connectivity index (χ1) is 13.6. The van der Waals surface area contributed by atoms with Crippen LogP contribution in [-0.2, 0) is 16.1 Å². The van der Waals surface area contributed by atoms with E-state index in [-0.39, 0.29) is 42.5 Å². The lowest BCUT2D eigenvalue weighted by molar-refractivity contribution is -0.127. The number of amides is 1. The van der Waals surface area contributed by atoms with Gasteiger partial charge in [0.15, 0.2) is 5.96 Å². The van der Waals surface area contributed by atoms with Crippen molar-refractivity contribution in [3.8, 4) is 5.75 Å². The molecule has 162 valence electrons. The van der Waals surface area contributed by atoms with Gasteiger partial charge in [-0.1, -0.05) is 18.2 Å². The molecule has 2 fully saturated rings. The minimum Gasteiger partial charge on any atom is -0.493 e. The maximum absolute atomic E-state index is 11.9. The highest BCUT2D eigenvalue weighted by molar-refractivity contribution is 14.0. The maximum atomic E-state index is 11.9. The first-order valence-electron chi connectivity index (χ1n) is 10.2. The van der Waals surface area contributed by atoms with Crippen LogP contribution in [-0.4, -0.2) is 63.3 Å². The Hall–Kier alpha value is -1.55. The Morgan fingerprint density at radius 2 is 2.03 bits per heavy atom. The number of ether oxygens (including phenoxy) is 2. The van der Waals surface area contributed by atoms with Gasteiger partial charge in [-0.3, -0.25) is 4.79 Å². The second kappa shape index (κ2) is 12.2. The molecule has 7 nitrogen and oxygen atoms in total. The summed E-state index contributed by atoms with van der Waals surface area (Å²) in [4.78, 5) is 18.2. The summed E-state index contributed by atoms with van der Waals surface area (Å²) >= 11 is 0. The predicted octanol–water partition coefficient (Wildman–Crippen LogP) is 2.40. The van der Waals surface area contributed by atoms with Crippen molar-refractivity contribution < 1.29 is 14.3 Å². The van der Waals surface area contributed by atoms with Crippen molar-refractivity contribution in [3.63, 3.8) is 0 Å². The summed E-state index contributed by atoms with van der Waals surface area (Å²) < 4.78 is 11.6. The van der Waals surface area contributed by atoms with Gasteiger partial charge < -0.3 is 25.0 Å². The van der Waals surface area contributed by atoms with Crippen molar-refractivity contribution in [2.45, 2.75) is 38.3 Å². The molecule has 1 atom stereocenters. The van der Waals surface area contributed by atoms with Crippen LogP contribution in [0.4, 0.5) is 0 Å². The van der Waals surface area contributed by atoms with Crippen LogP contribution in [0.2, 0.25) is 0 Å².